The molecule has 0 fully saturated rings. The van der Waals surface area contributed by atoms with Crippen LogP contribution >= 0.6 is 0 Å². The molecule has 0 atom stereocenters. The van der Waals surface area contributed by atoms with Crippen LogP contribution in [0.15, 0.2) is 12.1 Å². The van der Waals surface area contributed by atoms with E-state index in [1.165, 1.54) is 0 Å². The van der Waals surface area contributed by atoms with Gasteiger partial charge in [0.05, 0.1) is 18.8 Å². The molecule has 1 aromatic rings. The van der Waals surface area contributed by atoms with Crippen molar-refractivity contribution in [1.82, 2.24) is 0 Å². The molecule has 0 heterocycles. The molecule has 0 aliphatic heterocycles. The van der Waals surface area contributed by atoms with E-state index in [1.54, 1.807) is 13.0 Å². The fourth-order valence-electron chi connectivity index (χ4n) is 1.87. The predicted molar refractivity (Wildman–Crippen MR) is 77.2 cm³/mol. The molecule has 0 N–H and O–H groups in total. The van der Waals surface area contributed by atoms with Crippen LogP contribution in [-0.2, 0) is 9.53 Å². The van der Waals surface area contributed by atoms with Crippen molar-refractivity contribution in [3.8, 4) is 5.75 Å². The molecule has 0 amide bonds. The largest absolute Gasteiger partial charge is 0.492 e. The Hall–Kier alpha value is -1.84. The van der Waals surface area contributed by atoms with Crippen molar-refractivity contribution in [2.75, 3.05) is 13.2 Å². The van der Waals surface area contributed by atoms with Crippen molar-refractivity contribution >= 4 is 11.8 Å². The molecule has 20 heavy (non-hydrogen) atoms. The highest BCUT2D eigenvalue weighted by Crippen LogP contribution is 2.26. The van der Waals surface area contributed by atoms with E-state index in [-0.39, 0.29) is 12.2 Å². The van der Waals surface area contributed by atoms with Crippen molar-refractivity contribution in [3.63, 3.8) is 0 Å². The summed E-state index contributed by atoms with van der Waals surface area (Å²) in [6.07, 6.45) is 0. The summed E-state index contributed by atoms with van der Waals surface area (Å²) < 4.78 is 10.5. The summed E-state index contributed by atoms with van der Waals surface area (Å²) in [6, 6.07) is 3.60. The number of carbonyl (C=O) groups is 2. The standard InChI is InChI=1S/C16H22O4/c1-6-19-16(18)14(17)13-8-11(4)7-12(5)15(13)20-9-10(2)3/h7-8,10H,6,9H2,1-5H3. The van der Waals surface area contributed by atoms with Crippen LogP contribution < -0.4 is 4.74 Å². The first-order valence-electron chi connectivity index (χ1n) is 6.82. The molecule has 0 bridgehead atoms. The molecule has 0 aliphatic rings. The molecule has 0 radical (unpaired) electrons. The first kappa shape index (κ1) is 16.2. The molecule has 0 spiro atoms. The lowest BCUT2D eigenvalue weighted by molar-refractivity contribution is -0.137. The average molecular weight is 278 g/mol. The van der Waals surface area contributed by atoms with Crippen molar-refractivity contribution in [1.29, 1.82) is 0 Å². The second-order valence-electron chi connectivity index (χ2n) is 5.21. The predicted octanol–water partition coefficient (Wildman–Crippen LogP) is 3.08. The van der Waals surface area contributed by atoms with Crippen molar-refractivity contribution < 1.29 is 19.1 Å². The van der Waals surface area contributed by atoms with E-state index in [9.17, 15) is 9.59 Å². The Bertz CT molecular complexity index is 503. The van der Waals surface area contributed by atoms with E-state index >= 15 is 0 Å². The summed E-state index contributed by atoms with van der Waals surface area (Å²) in [7, 11) is 0. The van der Waals surface area contributed by atoms with Crippen LogP contribution in [0, 0.1) is 19.8 Å². The number of Topliss-reactive ketones (excluding diaryl/α,β-unsaturated/α-hetero) is 1. The molecular weight excluding hydrogens is 256 g/mol. The number of benzene rings is 1. The first-order chi connectivity index (χ1) is 9.36. The fraction of sp³-hybridized carbons (Fsp3) is 0.500. The highest BCUT2D eigenvalue weighted by Gasteiger charge is 2.23. The normalized spacial score (nSPS) is 10.5. The van der Waals surface area contributed by atoms with Gasteiger partial charge in [-0.05, 0) is 43.9 Å². The van der Waals surface area contributed by atoms with Gasteiger partial charge in [0, 0.05) is 0 Å². The van der Waals surface area contributed by atoms with E-state index in [4.69, 9.17) is 9.47 Å². The minimum Gasteiger partial charge on any atom is -0.492 e. The van der Waals surface area contributed by atoms with E-state index < -0.39 is 11.8 Å². The summed E-state index contributed by atoms with van der Waals surface area (Å²) in [4.78, 5) is 23.8. The van der Waals surface area contributed by atoms with Crippen LogP contribution in [0.5, 0.6) is 5.75 Å². The number of ketones is 1. The van der Waals surface area contributed by atoms with Crippen molar-refractivity contribution in [2.24, 2.45) is 5.92 Å². The number of hydrogen-bond donors (Lipinski definition) is 0. The maximum atomic E-state index is 12.1. The van der Waals surface area contributed by atoms with Crippen molar-refractivity contribution in [3.05, 3.63) is 28.8 Å². The van der Waals surface area contributed by atoms with Gasteiger partial charge in [0.25, 0.3) is 5.78 Å². The first-order valence-corrected chi connectivity index (χ1v) is 6.82. The Labute approximate surface area is 120 Å². The van der Waals surface area contributed by atoms with Crippen molar-refractivity contribution in [2.45, 2.75) is 34.6 Å². The van der Waals surface area contributed by atoms with Gasteiger partial charge in [-0.1, -0.05) is 19.9 Å². The van der Waals surface area contributed by atoms with Crippen LogP contribution in [0.3, 0.4) is 0 Å². The minimum atomic E-state index is -0.841. The molecule has 4 heteroatoms. The highest BCUT2D eigenvalue weighted by molar-refractivity contribution is 6.41. The van der Waals surface area contributed by atoms with Gasteiger partial charge in [-0.2, -0.15) is 0 Å². The third kappa shape index (κ3) is 4.08. The SMILES string of the molecule is CCOC(=O)C(=O)c1cc(C)cc(C)c1OCC(C)C. The Morgan fingerprint density at radius 2 is 1.85 bits per heavy atom. The second kappa shape index (κ2) is 7.08. The van der Waals surface area contributed by atoms with E-state index in [0.717, 1.165) is 11.1 Å². The van der Waals surface area contributed by atoms with Gasteiger partial charge in [-0.3, -0.25) is 4.79 Å². The summed E-state index contributed by atoms with van der Waals surface area (Å²) in [5.74, 6) is -0.687. The van der Waals surface area contributed by atoms with Crippen LogP contribution in [0.25, 0.3) is 0 Å². The van der Waals surface area contributed by atoms with E-state index in [2.05, 4.69) is 0 Å². The van der Waals surface area contributed by atoms with Crippen LogP contribution in [0.4, 0.5) is 0 Å². The number of carbonyl (C=O) groups excluding carboxylic acids is 2. The summed E-state index contributed by atoms with van der Waals surface area (Å²) in [5, 5.41) is 0. The van der Waals surface area contributed by atoms with Crippen LogP contribution in [0.2, 0.25) is 0 Å². The topological polar surface area (TPSA) is 52.6 Å². The molecule has 0 saturated carbocycles. The molecule has 110 valence electrons. The minimum absolute atomic E-state index is 0.178. The summed E-state index contributed by atoms with van der Waals surface area (Å²) in [5.41, 5.74) is 2.03. The maximum Gasteiger partial charge on any atom is 0.379 e. The lowest BCUT2D eigenvalue weighted by Gasteiger charge is -2.15. The maximum absolute atomic E-state index is 12.1. The second-order valence-corrected chi connectivity index (χ2v) is 5.21. The quantitative estimate of drug-likeness (QED) is 0.456. The van der Waals surface area contributed by atoms with E-state index in [1.807, 2.05) is 33.8 Å². The molecule has 0 unspecified atom stereocenters. The summed E-state index contributed by atoms with van der Waals surface area (Å²) >= 11 is 0. The third-order valence-electron chi connectivity index (χ3n) is 2.69. The molecule has 0 aliphatic carbocycles. The third-order valence-corrected chi connectivity index (χ3v) is 2.69. The number of esters is 1. The van der Waals surface area contributed by atoms with E-state index in [0.29, 0.717) is 18.3 Å². The molecular formula is C16H22O4. The zero-order valence-electron chi connectivity index (χ0n) is 12.8. The van der Waals surface area contributed by atoms with Gasteiger partial charge < -0.3 is 9.47 Å². The molecule has 0 aromatic heterocycles. The van der Waals surface area contributed by atoms with Gasteiger partial charge in [0.2, 0.25) is 0 Å². The van der Waals surface area contributed by atoms with Gasteiger partial charge in [0.15, 0.2) is 0 Å². The highest BCUT2D eigenvalue weighted by atomic mass is 16.5. The lowest BCUT2D eigenvalue weighted by Crippen LogP contribution is -2.19. The Morgan fingerprint density at radius 3 is 2.40 bits per heavy atom. The molecule has 1 aromatic carbocycles. The Kier molecular flexibility index (Phi) is 5.74. The van der Waals surface area contributed by atoms with Crippen LogP contribution in [-0.4, -0.2) is 25.0 Å². The zero-order chi connectivity index (χ0) is 15.3. The zero-order valence-corrected chi connectivity index (χ0v) is 12.8. The molecule has 4 nitrogen and oxygen atoms in total. The fourth-order valence-corrected chi connectivity index (χ4v) is 1.87. The smallest absolute Gasteiger partial charge is 0.379 e. The monoisotopic (exact) mass is 278 g/mol. The number of rotatable bonds is 6. The van der Waals surface area contributed by atoms with Gasteiger partial charge in [0.1, 0.15) is 5.75 Å². The average Bonchev–Trinajstić information content (AvgIpc) is 2.36. The Morgan fingerprint density at radius 1 is 1.20 bits per heavy atom. The lowest BCUT2D eigenvalue weighted by atomic mass is 10.0. The summed E-state index contributed by atoms with van der Waals surface area (Å²) in [6.45, 7) is 10.1. The van der Waals surface area contributed by atoms with Crippen LogP contribution in [0.1, 0.15) is 42.3 Å². The molecule has 1 rings (SSSR count). The van der Waals surface area contributed by atoms with Gasteiger partial charge in [-0.25, -0.2) is 4.79 Å². The van der Waals surface area contributed by atoms with Gasteiger partial charge >= 0.3 is 5.97 Å². The molecule has 0 saturated heterocycles. The number of ether oxygens (including phenoxy) is 2. The Balaban J connectivity index is 3.15. The number of aryl methyl sites for hydroxylation is 2. The number of hydrogen-bond acceptors (Lipinski definition) is 4. The van der Waals surface area contributed by atoms with Gasteiger partial charge in [-0.15, -0.1) is 0 Å².